The zero-order valence-corrected chi connectivity index (χ0v) is 13.2. The first-order valence-electron chi connectivity index (χ1n) is 7.10. The van der Waals surface area contributed by atoms with Crippen molar-refractivity contribution >= 4 is 17.6 Å². The fourth-order valence-corrected chi connectivity index (χ4v) is 3.08. The molecule has 114 valence electrons. The minimum atomic E-state index is -0.366. The fraction of sp³-hybridized carbons (Fsp3) is 0.294. The largest absolute Gasteiger partial charge is 0.459 e. The molecule has 3 rings (SSSR count). The summed E-state index contributed by atoms with van der Waals surface area (Å²) >= 11 is 6.28. The van der Waals surface area contributed by atoms with Crippen LogP contribution in [0.3, 0.4) is 0 Å². The summed E-state index contributed by atoms with van der Waals surface area (Å²) < 4.78 is 10.6. The first kappa shape index (κ1) is 14.9. The summed E-state index contributed by atoms with van der Waals surface area (Å²) in [6.45, 7) is 7.59. The summed E-state index contributed by atoms with van der Waals surface area (Å²) in [7, 11) is 0. The molecule has 1 fully saturated rings. The number of halogens is 1. The Bertz CT molecular complexity index is 750. The predicted molar refractivity (Wildman–Crippen MR) is 83.7 cm³/mol. The minimum absolute atomic E-state index is 0.170. The number of nitrogens with zero attached hydrogens (tertiary/aromatic N) is 1. The first-order valence-corrected chi connectivity index (χ1v) is 7.47. The second-order valence-electron chi connectivity index (χ2n) is 5.51. The maximum atomic E-state index is 11.9. The maximum absolute atomic E-state index is 11.9. The van der Waals surface area contributed by atoms with Crippen LogP contribution < -0.4 is 0 Å². The molecule has 2 atom stereocenters. The normalized spacial score (nSPS) is 21.8. The molecule has 0 amide bonds. The van der Waals surface area contributed by atoms with Crippen molar-refractivity contribution in [1.29, 1.82) is 0 Å². The third-order valence-corrected chi connectivity index (χ3v) is 4.27. The SMILES string of the molecule is C=C1C(=O)OC(C)CC1c1c(-c2ccccc2Cl)noc1C. The van der Waals surface area contributed by atoms with E-state index in [1.807, 2.05) is 32.0 Å². The summed E-state index contributed by atoms with van der Waals surface area (Å²) in [6.07, 6.45) is 0.487. The zero-order chi connectivity index (χ0) is 15.9. The molecular formula is C17H16ClNO3. The first-order chi connectivity index (χ1) is 10.5. The number of esters is 1. The van der Waals surface area contributed by atoms with E-state index in [4.69, 9.17) is 20.9 Å². The molecule has 0 bridgehead atoms. The number of hydrogen-bond donors (Lipinski definition) is 0. The average molecular weight is 318 g/mol. The Morgan fingerprint density at radius 1 is 1.36 bits per heavy atom. The molecule has 4 nitrogen and oxygen atoms in total. The summed E-state index contributed by atoms with van der Waals surface area (Å²) in [4.78, 5) is 11.9. The quantitative estimate of drug-likeness (QED) is 0.613. The Morgan fingerprint density at radius 2 is 2.09 bits per heavy atom. The molecule has 2 heterocycles. The van der Waals surface area contributed by atoms with Gasteiger partial charge in [0.05, 0.1) is 5.02 Å². The molecule has 0 radical (unpaired) electrons. The van der Waals surface area contributed by atoms with E-state index in [1.165, 1.54) is 0 Å². The summed E-state index contributed by atoms with van der Waals surface area (Å²) in [6, 6.07) is 7.44. The summed E-state index contributed by atoms with van der Waals surface area (Å²) in [5.74, 6) is 0.131. The number of carbonyl (C=O) groups is 1. The van der Waals surface area contributed by atoms with Crippen molar-refractivity contribution in [2.24, 2.45) is 0 Å². The second kappa shape index (κ2) is 5.61. The van der Waals surface area contributed by atoms with E-state index in [-0.39, 0.29) is 18.0 Å². The van der Waals surface area contributed by atoms with E-state index in [0.29, 0.717) is 28.5 Å². The van der Waals surface area contributed by atoms with Crippen LogP contribution in [0, 0.1) is 6.92 Å². The summed E-state index contributed by atoms with van der Waals surface area (Å²) in [5, 5.41) is 4.75. The average Bonchev–Trinajstić information content (AvgIpc) is 2.85. The zero-order valence-electron chi connectivity index (χ0n) is 12.4. The van der Waals surface area contributed by atoms with Gasteiger partial charge in [0.15, 0.2) is 0 Å². The van der Waals surface area contributed by atoms with Crippen molar-refractivity contribution in [3.8, 4) is 11.3 Å². The van der Waals surface area contributed by atoms with Crippen LogP contribution in [0.15, 0.2) is 40.9 Å². The molecular weight excluding hydrogens is 302 g/mol. The molecule has 0 N–H and O–H groups in total. The molecule has 2 unspecified atom stereocenters. The van der Waals surface area contributed by atoms with Gasteiger partial charge in [-0.15, -0.1) is 0 Å². The maximum Gasteiger partial charge on any atom is 0.334 e. The highest BCUT2D eigenvalue weighted by Crippen LogP contribution is 2.42. The van der Waals surface area contributed by atoms with Crippen LogP contribution in [0.4, 0.5) is 0 Å². The Hall–Kier alpha value is -2.07. The van der Waals surface area contributed by atoms with Crippen molar-refractivity contribution in [2.75, 3.05) is 0 Å². The van der Waals surface area contributed by atoms with E-state index in [9.17, 15) is 4.79 Å². The fourth-order valence-electron chi connectivity index (χ4n) is 2.85. The molecule has 1 saturated heterocycles. The van der Waals surface area contributed by atoms with E-state index < -0.39 is 0 Å². The number of hydrogen-bond acceptors (Lipinski definition) is 4. The van der Waals surface area contributed by atoms with Gasteiger partial charge in [-0.05, 0) is 26.3 Å². The smallest absolute Gasteiger partial charge is 0.334 e. The monoisotopic (exact) mass is 317 g/mol. The lowest BCUT2D eigenvalue weighted by molar-refractivity contribution is -0.147. The molecule has 0 saturated carbocycles. The van der Waals surface area contributed by atoms with Gasteiger partial charge in [-0.1, -0.05) is 41.5 Å². The molecule has 22 heavy (non-hydrogen) atoms. The molecule has 0 spiro atoms. The van der Waals surface area contributed by atoms with E-state index in [1.54, 1.807) is 6.07 Å². The van der Waals surface area contributed by atoms with Crippen molar-refractivity contribution in [3.05, 3.63) is 52.8 Å². The lowest BCUT2D eigenvalue weighted by Gasteiger charge is -2.28. The lowest BCUT2D eigenvalue weighted by atomic mass is 9.83. The topological polar surface area (TPSA) is 52.3 Å². The number of rotatable bonds is 2. The number of ether oxygens (including phenoxy) is 1. The number of cyclic esters (lactones) is 1. The van der Waals surface area contributed by atoms with Gasteiger partial charge in [0.25, 0.3) is 0 Å². The number of carbonyl (C=O) groups excluding carboxylic acids is 1. The van der Waals surface area contributed by atoms with Gasteiger partial charge in [0, 0.05) is 22.6 Å². The van der Waals surface area contributed by atoms with Crippen LogP contribution in [0.1, 0.15) is 30.6 Å². The van der Waals surface area contributed by atoms with Gasteiger partial charge in [-0.2, -0.15) is 0 Å². The number of benzene rings is 1. The van der Waals surface area contributed by atoms with Crippen LogP contribution in [0.25, 0.3) is 11.3 Å². The highest BCUT2D eigenvalue weighted by atomic mass is 35.5. The van der Waals surface area contributed by atoms with Gasteiger partial charge in [0.1, 0.15) is 17.6 Å². The molecule has 1 aliphatic heterocycles. The Labute approximate surface area is 133 Å². The van der Waals surface area contributed by atoms with Crippen molar-refractivity contribution in [2.45, 2.75) is 32.3 Å². The molecule has 1 aliphatic rings. The van der Waals surface area contributed by atoms with Gasteiger partial charge in [0.2, 0.25) is 0 Å². The summed E-state index contributed by atoms with van der Waals surface area (Å²) in [5.41, 5.74) is 2.74. The van der Waals surface area contributed by atoms with Gasteiger partial charge >= 0.3 is 5.97 Å². The Morgan fingerprint density at radius 3 is 2.82 bits per heavy atom. The number of aryl methyl sites for hydroxylation is 1. The van der Waals surface area contributed by atoms with Gasteiger partial charge in [-0.25, -0.2) is 4.79 Å². The highest BCUT2D eigenvalue weighted by Gasteiger charge is 2.35. The second-order valence-corrected chi connectivity index (χ2v) is 5.92. The Balaban J connectivity index is 2.12. The van der Waals surface area contributed by atoms with Crippen LogP contribution in [-0.2, 0) is 9.53 Å². The Kier molecular flexibility index (Phi) is 3.79. The van der Waals surface area contributed by atoms with E-state index in [0.717, 1.165) is 11.1 Å². The lowest BCUT2D eigenvalue weighted by Crippen LogP contribution is -2.28. The van der Waals surface area contributed by atoms with E-state index >= 15 is 0 Å². The highest BCUT2D eigenvalue weighted by molar-refractivity contribution is 6.33. The number of aromatic nitrogens is 1. The van der Waals surface area contributed by atoms with Gasteiger partial charge < -0.3 is 9.26 Å². The molecule has 1 aromatic heterocycles. The van der Waals surface area contributed by atoms with Crippen LogP contribution in [0.2, 0.25) is 5.02 Å². The van der Waals surface area contributed by atoms with Crippen LogP contribution in [-0.4, -0.2) is 17.2 Å². The third-order valence-electron chi connectivity index (χ3n) is 3.94. The van der Waals surface area contributed by atoms with Crippen LogP contribution >= 0.6 is 11.6 Å². The standard InChI is InChI=1S/C17H16ClNO3/c1-9-8-13(10(2)17(20)21-9)15-11(3)22-19-16(15)12-6-4-5-7-14(12)18/h4-7,9,13H,2,8H2,1,3H3. The molecule has 1 aromatic carbocycles. The van der Waals surface area contributed by atoms with Gasteiger partial charge in [-0.3, -0.25) is 0 Å². The van der Waals surface area contributed by atoms with Crippen LogP contribution in [0.5, 0.6) is 0 Å². The molecule has 2 aromatic rings. The third kappa shape index (κ3) is 2.44. The van der Waals surface area contributed by atoms with Crippen molar-refractivity contribution in [1.82, 2.24) is 5.16 Å². The minimum Gasteiger partial charge on any atom is -0.459 e. The molecule has 0 aliphatic carbocycles. The van der Waals surface area contributed by atoms with Crippen molar-refractivity contribution < 1.29 is 14.1 Å². The molecule has 5 heteroatoms. The van der Waals surface area contributed by atoms with Crippen molar-refractivity contribution in [3.63, 3.8) is 0 Å². The van der Waals surface area contributed by atoms with E-state index in [2.05, 4.69) is 11.7 Å². The predicted octanol–water partition coefficient (Wildman–Crippen LogP) is 4.28.